The van der Waals surface area contributed by atoms with E-state index in [1.165, 1.54) is 11.3 Å². The first kappa shape index (κ1) is 16.1. The van der Waals surface area contributed by atoms with Crippen LogP contribution in [-0.4, -0.2) is 39.2 Å². The predicted octanol–water partition coefficient (Wildman–Crippen LogP) is 3.37. The molecular weight excluding hydrogens is 266 g/mol. The molecule has 0 aromatic heterocycles. The number of benzene rings is 1. The van der Waals surface area contributed by atoms with E-state index in [1.54, 1.807) is 7.11 Å². The van der Waals surface area contributed by atoms with Gasteiger partial charge < -0.3 is 19.1 Å². The Bertz CT molecular complexity index is 445. The Morgan fingerprint density at radius 1 is 1.10 bits per heavy atom. The van der Waals surface area contributed by atoms with Crippen LogP contribution in [0.3, 0.4) is 0 Å². The molecule has 0 radical (unpaired) electrons. The first-order chi connectivity index (χ1) is 10.2. The number of methoxy groups -OCH3 is 1. The number of hydrogen-bond donors (Lipinski definition) is 0. The van der Waals surface area contributed by atoms with Crippen LogP contribution in [0.25, 0.3) is 0 Å². The van der Waals surface area contributed by atoms with E-state index in [4.69, 9.17) is 14.2 Å². The number of aryl methyl sites for hydroxylation is 1. The van der Waals surface area contributed by atoms with E-state index < -0.39 is 0 Å². The van der Waals surface area contributed by atoms with Crippen LogP contribution in [0.15, 0.2) is 18.2 Å². The van der Waals surface area contributed by atoms with Gasteiger partial charge in [-0.2, -0.15) is 0 Å². The second-order valence-electron chi connectivity index (χ2n) is 5.27. The van der Waals surface area contributed by atoms with Gasteiger partial charge in [0.1, 0.15) is 5.75 Å². The summed E-state index contributed by atoms with van der Waals surface area (Å²) in [6.07, 6.45) is 1.84. The Balaban J connectivity index is 0.000000774. The Labute approximate surface area is 128 Å². The maximum atomic E-state index is 5.76. The summed E-state index contributed by atoms with van der Waals surface area (Å²) in [6.45, 7) is 9.43. The molecule has 2 aliphatic heterocycles. The zero-order valence-corrected chi connectivity index (χ0v) is 13.6. The highest BCUT2D eigenvalue weighted by Gasteiger charge is 2.40. The normalized spacial score (nSPS) is 20.1. The summed E-state index contributed by atoms with van der Waals surface area (Å²) in [4.78, 5) is 2.36. The van der Waals surface area contributed by atoms with Crippen molar-refractivity contribution in [1.29, 1.82) is 0 Å². The monoisotopic (exact) mass is 293 g/mol. The van der Waals surface area contributed by atoms with Gasteiger partial charge in [0.2, 0.25) is 0 Å². The number of anilines is 1. The highest BCUT2D eigenvalue weighted by Crippen LogP contribution is 2.36. The lowest BCUT2D eigenvalue weighted by molar-refractivity contribution is -0.169. The molecule has 1 aromatic carbocycles. The third-order valence-electron chi connectivity index (χ3n) is 4.01. The van der Waals surface area contributed by atoms with Crippen LogP contribution in [0.1, 0.15) is 32.3 Å². The highest BCUT2D eigenvalue weighted by atomic mass is 16.7. The van der Waals surface area contributed by atoms with Crippen molar-refractivity contribution in [2.75, 3.05) is 38.3 Å². The molecule has 0 atom stereocenters. The summed E-state index contributed by atoms with van der Waals surface area (Å²) >= 11 is 0. The first-order valence-electron chi connectivity index (χ1n) is 7.90. The summed E-state index contributed by atoms with van der Waals surface area (Å²) in [5, 5.41) is 0. The van der Waals surface area contributed by atoms with Gasteiger partial charge in [-0.05, 0) is 24.6 Å². The Morgan fingerprint density at radius 3 is 2.29 bits per heavy atom. The summed E-state index contributed by atoms with van der Waals surface area (Å²) in [7, 11) is 1.73. The lowest BCUT2D eigenvalue weighted by Gasteiger charge is -2.39. The number of hydrogen-bond acceptors (Lipinski definition) is 4. The summed E-state index contributed by atoms with van der Waals surface area (Å²) < 4.78 is 17.0. The van der Waals surface area contributed by atoms with Gasteiger partial charge in [-0.1, -0.05) is 19.9 Å². The topological polar surface area (TPSA) is 30.9 Å². The highest BCUT2D eigenvalue weighted by molar-refractivity contribution is 5.60. The van der Waals surface area contributed by atoms with Gasteiger partial charge in [-0.3, -0.25) is 0 Å². The van der Waals surface area contributed by atoms with Crippen molar-refractivity contribution in [2.24, 2.45) is 0 Å². The molecule has 2 saturated heterocycles. The molecule has 2 fully saturated rings. The fraction of sp³-hybridized carbons (Fsp3) is 0.647. The van der Waals surface area contributed by atoms with E-state index in [1.807, 2.05) is 13.8 Å². The maximum Gasteiger partial charge on any atom is 0.171 e. The van der Waals surface area contributed by atoms with E-state index in [0.717, 1.165) is 44.9 Å². The molecule has 1 aromatic rings. The van der Waals surface area contributed by atoms with E-state index in [0.29, 0.717) is 0 Å². The van der Waals surface area contributed by atoms with Crippen LogP contribution >= 0.6 is 0 Å². The van der Waals surface area contributed by atoms with Gasteiger partial charge in [0.25, 0.3) is 0 Å². The molecule has 118 valence electrons. The van der Waals surface area contributed by atoms with Crippen LogP contribution in [0.2, 0.25) is 0 Å². The second-order valence-corrected chi connectivity index (χ2v) is 5.27. The predicted molar refractivity (Wildman–Crippen MR) is 85.2 cm³/mol. The number of nitrogens with zero attached hydrogens (tertiary/aromatic N) is 1. The van der Waals surface area contributed by atoms with Crippen LogP contribution in [-0.2, 0) is 9.47 Å². The van der Waals surface area contributed by atoms with Gasteiger partial charge >= 0.3 is 0 Å². The first-order valence-corrected chi connectivity index (χ1v) is 7.90. The van der Waals surface area contributed by atoms with Crippen LogP contribution in [0, 0.1) is 6.92 Å². The largest absolute Gasteiger partial charge is 0.495 e. The number of ether oxygens (including phenoxy) is 3. The molecule has 0 aliphatic carbocycles. The Hall–Kier alpha value is -1.26. The molecular formula is C17H27NO3. The van der Waals surface area contributed by atoms with Crippen molar-refractivity contribution in [1.82, 2.24) is 0 Å². The summed E-state index contributed by atoms with van der Waals surface area (Å²) in [5.74, 6) is 0.637. The van der Waals surface area contributed by atoms with Gasteiger partial charge in [-0.25, -0.2) is 0 Å². The Kier molecular flexibility index (Phi) is 5.48. The zero-order valence-electron chi connectivity index (χ0n) is 13.6. The minimum Gasteiger partial charge on any atom is -0.495 e. The molecule has 21 heavy (non-hydrogen) atoms. The fourth-order valence-corrected chi connectivity index (χ4v) is 2.92. The van der Waals surface area contributed by atoms with E-state index in [9.17, 15) is 0 Å². The number of rotatable bonds is 2. The smallest absolute Gasteiger partial charge is 0.171 e. The van der Waals surface area contributed by atoms with Crippen LogP contribution in [0.4, 0.5) is 5.69 Å². The van der Waals surface area contributed by atoms with Gasteiger partial charge in [-0.15, -0.1) is 0 Å². The Morgan fingerprint density at radius 2 is 1.71 bits per heavy atom. The lowest BCUT2D eigenvalue weighted by Crippen LogP contribution is -2.45. The molecule has 0 N–H and O–H groups in total. The van der Waals surface area contributed by atoms with Gasteiger partial charge in [0, 0.05) is 25.9 Å². The van der Waals surface area contributed by atoms with Gasteiger partial charge in [0.05, 0.1) is 26.0 Å². The minimum absolute atomic E-state index is 0.311. The molecule has 2 aliphatic rings. The third-order valence-corrected chi connectivity index (χ3v) is 4.01. The molecule has 1 spiro atoms. The molecule has 3 rings (SSSR count). The summed E-state index contributed by atoms with van der Waals surface area (Å²) in [5.41, 5.74) is 2.39. The third kappa shape index (κ3) is 3.50. The van der Waals surface area contributed by atoms with E-state index in [2.05, 4.69) is 30.0 Å². The molecule has 0 bridgehead atoms. The molecule has 4 heteroatoms. The molecule has 4 nitrogen and oxygen atoms in total. The molecule has 0 saturated carbocycles. The van der Waals surface area contributed by atoms with Crippen LogP contribution < -0.4 is 9.64 Å². The molecule has 0 unspecified atom stereocenters. The average molecular weight is 293 g/mol. The SMILES string of the molecule is CC.COc1cc(C)ccc1N1CCC2(CC1)OCCO2. The minimum atomic E-state index is -0.311. The average Bonchev–Trinajstić information content (AvgIpc) is 2.98. The maximum absolute atomic E-state index is 5.76. The van der Waals surface area contributed by atoms with Crippen molar-refractivity contribution in [3.63, 3.8) is 0 Å². The van der Waals surface area contributed by atoms with Crippen molar-refractivity contribution >= 4 is 5.69 Å². The van der Waals surface area contributed by atoms with Crippen molar-refractivity contribution in [2.45, 2.75) is 39.4 Å². The van der Waals surface area contributed by atoms with Crippen molar-refractivity contribution in [3.8, 4) is 5.75 Å². The van der Waals surface area contributed by atoms with Crippen LogP contribution in [0.5, 0.6) is 5.75 Å². The lowest BCUT2D eigenvalue weighted by atomic mass is 10.0. The van der Waals surface area contributed by atoms with Crippen molar-refractivity contribution < 1.29 is 14.2 Å². The summed E-state index contributed by atoms with van der Waals surface area (Å²) in [6, 6.07) is 6.36. The van der Waals surface area contributed by atoms with E-state index in [-0.39, 0.29) is 5.79 Å². The zero-order chi connectivity index (χ0) is 15.3. The number of piperidine rings is 1. The van der Waals surface area contributed by atoms with Crippen molar-refractivity contribution in [3.05, 3.63) is 23.8 Å². The van der Waals surface area contributed by atoms with Gasteiger partial charge in [0.15, 0.2) is 5.79 Å². The standard InChI is InChI=1S/C15H21NO3.C2H6/c1-12-3-4-13(14(11-12)17-2)16-7-5-15(6-8-16)18-9-10-19-15;1-2/h3-4,11H,5-10H2,1-2H3;1-2H3. The fourth-order valence-electron chi connectivity index (χ4n) is 2.92. The second kappa shape index (κ2) is 7.14. The van der Waals surface area contributed by atoms with E-state index >= 15 is 0 Å². The molecule has 0 amide bonds. The quantitative estimate of drug-likeness (QED) is 0.836. The molecule has 2 heterocycles.